The summed E-state index contributed by atoms with van der Waals surface area (Å²) >= 11 is 2.59. The number of aryl methyl sites for hydroxylation is 1. The fourth-order valence-electron chi connectivity index (χ4n) is 2.58. The second kappa shape index (κ2) is 5.33. The molecule has 1 fully saturated rings. The van der Waals surface area contributed by atoms with E-state index in [-0.39, 0.29) is 18.0 Å². The molecule has 1 aromatic carbocycles. The molecule has 0 radical (unpaired) electrons. The van der Waals surface area contributed by atoms with Crippen LogP contribution in [-0.4, -0.2) is 38.0 Å². The number of carbonyl (C=O) groups is 2. The van der Waals surface area contributed by atoms with Gasteiger partial charge in [0.2, 0.25) is 5.91 Å². The molecule has 7 heteroatoms. The zero-order valence-corrected chi connectivity index (χ0v) is 13.7. The summed E-state index contributed by atoms with van der Waals surface area (Å²) in [7, 11) is 0. The number of hydrogen-bond acceptors (Lipinski definition) is 5. The summed E-state index contributed by atoms with van der Waals surface area (Å²) < 4.78 is 0.545. The van der Waals surface area contributed by atoms with Crippen LogP contribution in [0.2, 0.25) is 0 Å². The maximum absolute atomic E-state index is 11.9. The molecule has 2 atom stereocenters. The summed E-state index contributed by atoms with van der Waals surface area (Å²) in [6.07, 6.45) is -0.648. The van der Waals surface area contributed by atoms with E-state index in [4.69, 9.17) is 0 Å². The molecule has 3 rings (SSSR count). The molecule has 0 aliphatic carbocycles. The minimum Gasteiger partial charge on any atom is -0.477 e. The fraction of sp³-hybridized carbons (Fsp3) is 0.333. The number of aliphatic carboxylic acids is 1. The minimum absolute atomic E-state index is 0.0206. The van der Waals surface area contributed by atoms with Gasteiger partial charge >= 0.3 is 5.97 Å². The normalized spacial score (nSPS) is 25.0. The van der Waals surface area contributed by atoms with Gasteiger partial charge in [0.1, 0.15) is 4.87 Å². The molecule has 0 saturated carbocycles. The van der Waals surface area contributed by atoms with Gasteiger partial charge in [0.15, 0.2) is 5.70 Å². The Hall–Kier alpha value is -1.44. The molecule has 2 aliphatic rings. The molecule has 0 bridgehead atoms. The third-order valence-corrected chi connectivity index (χ3v) is 6.59. The molecular weight excluding hydrogens is 322 g/mol. The van der Waals surface area contributed by atoms with Crippen molar-refractivity contribution in [2.75, 3.05) is 0 Å². The quantitative estimate of drug-likeness (QED) is 0.822. The first-order valence-corrected chi connectivity index (χ1v) is 8.40. The predicted octanol–water partition coefficient (Wildman–Crippen LogP) is 2.40. The molecule has 22 heavy (non-hydrogen) atoms. The maximum atomic E-state index is 11.9. The standard InChI is InChI=1S/C15H15NO4S2/c1-8-3-5-10(6-4-8)21-14-12(13(19)20)16-11(18)7-15(16,22-14)9(2)17/h3-6,9,17H,7H2,1-2H3,(H,19,20)/t9-,15-/m1/s1. The number of amides is 1. The van der Waals surface area contributed by atoms with Gasteiger partial charge in [-0.15, -0.1) is 0 Å². The summed E-state index contributed by atoms with van der Waals surface area (Å²) in [6.45, 7) is 3.57. The zero-order valence-electron chi connectivity index (χ0n) is 12.1. The Kier molecular flexibility index (Phi) is 3.74. The van der Waals surface area contributed by atoms with Crippen LogP contribution in [0.25, 0.3) is 0 Å². The SMILES string of the molecule is Cc1ccc(SC2=C(C(=O)O)N3C(=O)C[C@]3([C@@H](C)O)S2)cc1. The van der Waals surface area contributed by atoms with Crippen molar-refractivity contribution in [3.05, 3.63) is 39.8 Å². The fourth-order valence-corrected chi connectivity index (χ4v) is 5.47. The van der Waals surface area contributed by atoms with Crippen LogP contribution >= 0.6 is 23.5 Å². The molecule has 2 aliphatic heterocycles. The maximum Gasteiger partial charge on any atom is 0.354 e. The number of carboxylic acid groups (broad SMARTS) is 1. The first kappa shape index (κ1) is 15.5. The average Bonchev–Trinajstić information content (AvgIpc) is 2.71. The van der Waals surface area contributed by atoms with Crippen LogP contribution in [0.1, 0.15) is 18.9 Å². The van der Waals surface area contributed by atoms with Crippen molar-refractivity contribution < 1.29 is 19.8 Å². The average molecular weight is 337 g/mol. The van der Waals surface area contributed by atoms with Crippen LogP contribution in [0.15, 0.2) is 39.1 Å². The van der Waals surface area contributed by atoms with Gasteiger partial charge < -0.3 is 10.2 Å². The summed E-state index contributed by atoms with van der Waals surface area (Å²) in [5.41, 5.74) is 1.10. The number of benzene rings is 1. The van der Waals surface area contributed by atoms with Crippen molar-refractivity contribution in [1.29, 1.82) is 0 Å². The number of β-lactam (4-membered cyclic amide) rings is 1. The second-order valence-corrected chi connectivity index (χ2v) is 8.05. The van der Waals surface area contributed by atoms with Crippen LogP contribution in [0.4, 0.5) is 0 Å². The number of hydrogen-bond donors (Lipinski definition) is 2. The topological polar surface area (TPSA) is 77.8 Å². The van der Waals surface area contributed by atoms with Gasteiger partial charge in [-0.1, -0.05) is 41.2 Å². The molecule has 5 nitrogen and oxygen atoms in total. The van der Waals surface area contributed by atoms with Crippen LogP contribution in [0, 0.1) is 6.92 Å². The van der Waals surface area contributed by atoms with Gasteiger partial charge in [0, 0.05) is 4.90 Å². The Balaban J connectivity index is 1.97. The molecule has 1 aromatic rings. The Morgan fingerprint density at radius 1 is 1.41 bits per heavy atom. The summed E-state index contributed by atoms with van der Waals surface area (Å²) in [5.74, 6) is -1.40. The lowest BCUT2D eigenvalue weighted by molar-refractivity contribution is -0.155. The van der Waals surface area contributed by atoms with Gasteiger partial charge in [-0.3, -0.25) is 9.69 Å². The molecule has 2 N–H and O–H groups in total. The first-order chi connectivity index (χ1) is 10.3. The number of nitrogens with zero attached hydrogens (tertiary/aromatic N) is 1. The number of rotatable bonds is 4. The van der Waals surface area contributed by atoms with Crippen LogP contribution in [0.3, 0.4) is 0 Å². The Bertz CT molecular complexity index is 683. The van der Waals surface area contributed by atoms with Crippen LogP contribution in [0.5, 0.6) is 0 Å². The van der Waals surface area contributed by atoms with E-state index in [0.717, 1.165) is 10.5 Å². The number of thioether (sulfide) groups is 2. The van der Waals surface area contributed by atoms with Gasteiger partial charge in [0.25, 0.3) is 0 Å². The number of aliphatic hydroxyl groups excluding tert-OH is 1. The molecule has 116 valence electrons. The number of aliphatic hydroxyl groups is 1. The smallest absolute Gasteiger partial charge is 0.354 e. The van der Waals surface area contributed by atoms with Crippen molar-refractivity contribution in [1.82, 2.24) is 4.90 Å². The molecule has 1 saturated heterocycles. The largest absolute Gasteiger partial charge is 0.477 e. The van der Waals surface area contributed by atoms with E-state index in [2.05, 4.69) is 0 Å². The molecule has 2 heterocycles. The van der Waals surface area contributed by atoms with E-state index >= 15 is 0 Å². The predicted molar refractivity (Wildman–Crippen MR) is 85.2 cm³/mol. The van der Waals surface area contributed by atoms with E-state index in [1.165, 1.54) is 28.4 Å². The number of carbonyl (C=O) groups excluding carboxylic acids is 1. The number of fused-ring (bicyclic) bond motifs is 1. The Labute approximate surface area is 136 Å². The summed E-state index contributed by atoms with van der Waals surface area (Å²) in [5, 5.41) is 19.5. The lowest BCUT2D eigenvalue weighted by Gasteiger charge is -2.48. The van der Waals surface area contributed by atoms with Gasteiger partial charge in [-0.2, -0.15) is 0 Å². The highest BCUT2D eigenvalue weighted by Crippen LogP contribution is 2.60. The van der Waals surface area contributed by atoms with E-state index < -0.39 is 16.9 Å². The lowest BCUT2D eigenvalue weighted by Crippen LogP contribution is -2.64. The lowest BCUT2D eigenvalue weighted by atomic mass is 9.95. The van der Waals surface area contributed by atoms with Gasteiger partial charge in [-0.25, -0.2) is 4.79 Å². The third kappa shape index (κ3) is 2.24. The van der Waals surface area contributed by atoms with E-state index in [1.54, 1.807) is 6.92 Å². The van der Waals surface area contributed by atoms with Crippen LogP contribution < -0.4 is 0 Å². The van der Waals surface area contributed by atoms with Crippen molar-refractivity contribution in [2.24, 2.45) is 0 Å². The van der Waals surface area contributed by atoms with Gasteiger partial charge in [-0.05, 0) is 26.0 Å². The summed E-state index contributed by atoms with van der Waals surface area (Å²) in [6, 6.07) is 7.74. The monoisotopic (exact) mass is 337 g/mol. The molecule has 0 aromatic heterocycles. The van der Waals surface area contributed by atoms with Crippen molar-refractivity contribution in [3.63, 3.8) is 0 Å². The zero-order chi connectivity index (χ0) is 16.1. The highest BCUT2D eigenvalue weighted by atomic mass is 32.2. The van der Waals surface area contributed by atoms with Crippen molar-refractivity contribution in [3.8, 4) is 0 Å². The van der Waals surface area contributed by atoms with E-state index in [1.807, 2.05) is 31.2 Å². The van der Waals surface area contributed by atoms with Crippen LogP contribution in [-0.2, 0) is 9.59 Å². The Morgan fingerprint density at radius 3 is 2.55 bits per heavy atom. The second-order valence-electron chi connectivity index (χ2n) is 5.39. The van der Waals surface area contributed by atoms with Crippen molar-refractivity contribution in [2.45, 2.75) is 36.1 Å². The Morgan fingerprint density at radius 2 is 2.05 bits per heavy atom. The third-order valence-electron chi connectivity index (χ3n) is 3.81. The van der Waals surface area contributed by atoms with E-state index in [0.29, 0.717) is 4.24 Å². The van der Waals surface area contributed by atoms with Crippen molar-refractivity contribution >= 4 is 35.4 Å². The molecular formula is C15H15NO4S2. The molecule has 0 unspecified atom stereocenters. The molecule has 0 spiro atoms. The van der Waals surface area contributed by atoms with E-state index in [9.17, 15) is 19.8 Å². The van der Waals surface area contributed by atoms with Gasteiger partial charge in [0.05, 0.1) is 16.8 Å². The minimum atomic E-state index is -1.14. The highest BCUT2D eigenvalue weighted by Gasteiger charge is 2.62. The number of carboxylic acids is 1. The summed E-state index contributed by atoms with van der Waals surface area (Å²) in [4.78, 5) is 24.7. The first-order valence-electron chi connectivity index (χ1n) is 6.77. The highest BCUT2D eigenvalue weighted by molar-refractivity contribution is 8.23. The molecule has 1 amide bonds.